The fourth-order valence-electron chi connectivity index (χ4n) is 6.68. The van der Waals surface area contributed by atoms with E-state index in [4.69, 9.17) is 0 Å². The summed E-state index contributed by atoms with van der Waals surface area (Å²) in [6.45, 7) is 4.43. The van der Waals surface area contributed by atoms with E-state index in [1.165, 1.54) is 49.7 Å². The average Bonchev–Trinajstić information content (AvgIpc) is 3.04. The van der Waals surface area contributed by atoms with Crippen molar-refractivity contribution in [1.29, 1.82) is 0 Å². The van der Waals surface area contributed by atoms with Crippen LogP contribution in [0, 0.1) is 0 Å². The van der Waals surface area contributed by atoms with Crippen molar-refractivity contribution >= 4 is 32.3 Å². The molecule has 0 radical (unpaired) electrons. The third-order valence-corrected chi connectivity index (χ3v) is 9.33. The van der Waals surface area contributed by atoms with Crippen LogP contribution in [0.3, 0.4) is 0 Å². The number of aromatic hydroxyl groups is 4. The average molecular weight is 613 g/mol. The standard InChI is InChI=1S/C42H44O4/c1-3-5-7-9-11-27-13-15-29-19-35(39(43)23-31(29)17-27)37-21-33-26-42(46)38(22-34(33)25-41(37)45)36-20-30-16-14-28(12-10-8-6-4-2)18-32(30)24-40(36)44/h13-26,43-46H,3-12H2,1-2H3. The molecule has 0 bridgehead atoms. The van der Waals surface area contributed by atoms with Crippen LogP contribution in [0.2, 0.25) is 0 Å². The second kappa shape index (κ2) is 13.7. The van der Waals surface area contributed by atoms with Gasteiger partial charge in [0.05, 0.1) is 0 Å². The summed E-state index contributed by atoms with van der Waals surface area (Å²) in [7, 11) is 0. The zero-order valence-electron chi connectivity index (χ0n) is 26.9. The maximum atomic E-state index is 11.2. The first-order valence-corrected chi connectivity index (χ1v) is 16.9. The van der Waals surface area contributed by atoms with Crippen LogP contribution in [0.4, 0.5) is 0 Å². The highest BCUT2D eigenvalue weighted by molar-refractivity contribution is 6.00. The van der Waals surface area contributed by atoms with Crippen molar-refractivity contribution in [2.24, 2.45) is 0 Å². The van der Waals surface area contributed by atoms with Gasteiger partial charge in [0, 0.05) is 22.3 Å². The van der Waals surface area contributed by atoms with Crippen molar-refractivity contribution in [2.75, 3.05) is 0 Å². The SMILES string of the molecule is CCCCCCc1ccc2cc(-c3cc4cc(O)c(-c5cc6ccc(CCCCCC)cc6cc5O)cc4cc3O)c(O)cc2c1. The summed E-state index contributed by atoms with van der Waals surface area (Å²) < 4.78 is 0. The highest BCUT2D eigenvalue weighted by Gasteiger charge is 2.17. The molecule has 236 valence electrons. The van der Waals surface area contributed by atoms with Crippen LogP contribution in [-0.4, -0.2) is 20.4 Å². The van der Waals surface area contributed by atoms with Crippen molar-refractivity contribution < 1.29 is 20.4 Å². The van der Waals surface area contributed by atoms with Crippen molar-refractivity contribution in [1.82, 2.24) is 0 Å². The molecule has 0 heterocycles. The predicted octanol–water partition coefficient (Wildman–Crippen LogP) is 11.5. The molecule has 6 aromatic carbocycles. The van der Waals surface area contributed by atoms with Crippen LogP contribution >= 0.6 is 0 Å². The van der Waals surface area contributed by atoms with Crippen molar-refractivity contribution in [3.8, 4) is 45.3 Å². The first-order chi connectivity index (χ1) is 22.3. The van der Waals surface area contributed by atoms with Crippen molar-refractivity contribution in [3.63, 3.8) is 0 Å². The van der Waals surface area contributed by atoms with Gasteiger partial charge in [-0.25, -0.2) is 0 Å². The minimum Gasteiger partial charge on any atom is -0.507 e. The molecule has 4 heteroatoms. The lowest BCUT2D eigenvalue weighted by Gasteiger charge is -2.14. The van der Waals surface area contributed by atoms with Crippen LogP contribution in [-0.2, 0) is 12.8 Å². The molecule has 0 saturated heterocycles. The third-order valence-electron chi connectivity index (χ3n) is 9.33. The van der Waals surface area contributed by atoms with E-state index in [0.29, 0.717) is 33.0 Å². The number of phenolic OH excluding ortho intramolecular Hbond substituents is 4. The Bertz CT molecular complexity index is 1880. The molecule has 0 aliphatic heterocycles. The lowest BCUT2D eigenvalue weighted by atomic mass is 9.93. The van der Waals surface area contributed by atoms with E-state index in [1.54, 1.807) is 36.4 Å². The molecule has 6 aromatic rings. The quantitative estimate of drug-likeness (QED) is 0.104. The van der Waals surface area contributed by atoms with Crippen molar-refractivity contribution in [3.05, 3.63) is 96.1 Å². The molecule has 6 rings (SSSR count). The summed E-state index contributed by atoms with van der Waals surface area (Å²) in [6.07, 6.45) is 11.7. The second-order valence-corrected chi connectivity index (χ2v) is 12.8. The van der Waals surface area contributed by atoms with Crippen molar-refractivity contribution in [2.45, 2.75) is 78.1 Å². The number of phenols is 4. The van der Waals surface area contributed by atoms with E-state index in [9.17, 15) is 20.4 Å². The maximum absolute atomic E-state index is 11.2. The molecule has 0 aliphatic carbocycles. The van der Waals surface area contributed by atoms with Gasteiger partial charge in [-0.3, -0.25) is 0 Å². The molecule has 0 aromatic heterocycles. The summed E-state index contributed by atoms with van der Waals surface area (Å²) in [4.78, 5) is 0. The molecule has 0 atom stereocenters. The van der Waals surface area contributed by atoms with Crippen LogP contribution in [0.15, 0.2) is 84.9 Å². The van der Waals surface area contributed by atoms with E-state index < -0.39 is 0 Å². The monoisotopic (exact) mass is 612 g/mol. The summed E-state index contributed by atoms with van der Waals surface area (Å²) in [6, 6.07) is 27.0. The molecule has 0 fully saturated rings. The first-order valence-electron chi connectivity index (χ1n) is 16.9. The molecular formula is C42H44O4. The molecule has 4 nitrogen and oxygen atoms in total. The highest BCUT2D eigenvalue weighted by Crippen LogP contribution is 2.44. The highest BCUT2D eigenvalue weighted by atomic mass is 16.3. The van der Waals surface area contributed by atoms with E-state index in [-0.39, 0.29) is 23.0 Å². The van der Waals surface area contributed by atoms with Gasteiger partial charge < -0.3 is 20.4 Å². The number of fused-ring (bicyclic) bond motifs is 3. The summed E-state index contributed by atoms with van der Waals surface area (Å²) in [5.41, 5.74) is 4.56. The van der Waals surface area contributed by atoms with Crippen LogP contribution in [0.1, 0.15) is 76.3 Å². The Morgan fingerprint density at radius 2 is 0.674 bits per heavy atom. The second-order valence-electron chi connectivity index (χ2n) is 12.8. The van der Waals surface area contributed by atoms with E-state index in [0.717, 1.165) is 47.2 Å². The zero-order chi connectivity index (χ0) is 32.2. The molecule has 0 amide bonds. The smallest absolute Gasteiger partial charge is 0.124 e. The van der Waals surface area contributed by atoms with Crippen LogP contribution in [0.25, 0.3) is 54.6 Å². The fraction of sp³-hybridized carbons (Fsp3) is 0.286. The summed E-state index contributed by atoms with van der Waals surface area (Å²) in [5.74, 6) is 0.244. The fourth-order valence-corrected chi connectivity index (χ4v) is 6.68. The van der Waals surface area contributed by atoms with Gasteiger partial charge >= 0.3 is 0 Å². The summed E-state index contributed by atoms with van der Waals surface area (Å²) in [5, 5.41) is 49.8. The molecule has 0 unspecified atom stereocenters. The van der Waals surface area contributed by atoms with Gasteiger partial charge in [-0.2, -0.15) is 0 Å². The Kier molecular flexibility index (Phi) is 9.35. The van der Waals surface area contributed by atoms with Crippen LogP contribution in [0.5, 0.6) is 23.0 Å². The molecule has 0 aliphatic rings. The van der Waals surface area contributed by atoms with Gasteiger partial charge in [0.2, 0.25) is 0 Å². The Hall–Kier alpha value is -4.70. The number of hydrogen-bond donors (Lipinski definition) is 4. The van der Waals surface area contributed by atoms with Gasteiger partial charge in [0.25, 0.3) is 0 Å². The largest absolute Gasteiger partial charge is 0.507 e. The minimum absolute atomic E-state index is 0.0283. The molecule has 0 spiro atoms. The minimum atomic E-state index is 0.0283. The number of benzene rings is 6. The van der Waals surface area contributed by atoms with E-state index >= 15 is 0 Å². The molecule has 46 heavy (non-hydrogen) atoms. The maximum Gasteiger partial charge on any atom is 0.124 e. The molecule has 0 saturated carbocycles. The normalized spacial score (nSPS) is 11.6. The third kappa shape index (κ3) is 6.62. The van der Waals surface area contributed by atoms with Gasteiger partial charge in [0.1, 0.15) is 23.0 Å². The lowest BCUT2D eigenvalue weighted by Crippen LogP contribution is -1.89. The van der Waals surface area contributed by atoms with Crippen LogP contribution < -0.4 is 0 Å². The lowest BCUT2D eigenvalue weighted by molar-refractivity contribution is 0.469. The van der Waals surface area contributed by atoms with E-state index in [1.807, 2.05) is 12.1 Å². The van der Waals surface area contributed by atoms with Gasteiger partial charge in [0.15, 0.2) is 0 Å². The Balaban J connectivity index is 1.30. The topological polar surface area (TPSA) is 80.9 Å². The molecule has 4 N–H and O–H groups in total. The first kappa shape index (κ1) is 31.3. The van der Waals surface area contributed by atoms with Gasteiger partial charge in [-0.05, 0) is 118 Å². The Labute approximate surface area is 271 Å². The predicted molar refractivity (Wildman–Crippen MR) is 192 cm³/mol. The zero-order valence-corrected chi connectivity index (χ0v) is 26.9. The number of rotatable bonds is 12. The number of unbranched alkanes of at least 4 members (excludes halogenated alkanes) is 6. The summed E-state index contributed by atoms with van der Waals surface area (Å²) >= 11 is 0. The van der Waals surface area contributed by atoms with Gasteiger partial charge in [-0.15, -0.1) is 0 Å². The number of hydrogen-bond acceptors (Lipinski definition) is 4. The number of aryl methyl sites for hydroxylation is 2. The molecular weight excluding hydrogens is 568 g/mol. The van der Waals surface area contributed by atoms with E-state index in [2.05, 4.69) is 50.2 Å². The van der Waals surface area contributed by atoms with Gasteiger partial charge in [-0.1, -0.05) is 88.8 Å². The Morgan fingerprint density at radius 3 is 1.02 bits per heavy atom. The Morgan fingerprint density at radius 1 is 0.348 bits per heavy atom.